The van der Waals surface area contributed by atoms with Crippen LogP contribution >= 0.6 is 0 Å². The summed E-state index contributed by atoms with van der Waals surface area (Å²) in [7, 11) is 0. The van der Waals surface area contributed by atoms with Crippen molar-refractivity contribution >= 4 is 5.95 Å². The molecule has 1 aromatic heterocycles. The molecule has 0 aromatic carbocycles. The van der Waals surface area contributed by atoms with Crippen LogP contribution in [-0.2, 0) is 4.74 Å². The van der Waals surface area contributed by atoms with Gasteiger partial charge in [-0.1, -0.05) is 0 Å². The first-order chi connectivity index (χ1) is 6.65. The Morgan fingerprint density at radius 2 is 2.36 bits per heavy atom. The van der Waals surface area contributed by atoms with Gasteiger partial charge >= 0.3 is 5.69 Å². The van der Waals surface area contributed by atoms with Gasteiger partial charge in [-0.3, -0.25) is 4.98 Å². The zero-order valence-corrected chi connectivity index (χ0v) is 7.86. The number of nitrogens with one attached hydrogen (secondary N) is 1. The maximum Gasteiger partial charge on any atom is 0.349 e. The van der Waals surface area contributed by atoms with Gasteiger partial charge in [-0.2, -0.15) is 9.97 Å². The lowest BCUT2D eigenvalue weighted by atomic mass is 10.1. The standard InChI is InChI=1S/C8H12N4O2/c1-4-2-5(3-14-4)6-10-7(9)12-8(13)11-6/h4-5H,2-3H2,1H3,(H3,9,10,11,12,13). The van der Waals surface area contributed by atoms with Crippen LogP contribution in [0.2, 0.25) is 0 Å². The number of hydrogen-bond acceptors (Lipinski definition) is 5. The summed E-state index contributed by atoms with van der Waals surface area (Å²) in [6, 6.07) is 0. The highest BCUT2D eigenvalue weighted by atomic mass is 16.5. The zero-order chi connectivity index (χ0) is 10.1. The number of anilines is 1. The quantitative estimate of drug-likeness (QED) is 0.639. The summed E-state index contributed by atoms with van der Waals surface area (Å²) < 4.78 is 5.38. The normalized spacial score (nSPS) is 26.6. The van der Waals surface area contributed by atoms with Gasteiger partial charge in [0.2, 0.25) is 5.95 Å². The molecule has 6 heteroatoms. The van der Waals surface area contributed by atoms with Gasteiger partial charge in [0.15, 0.2) is 0 Å². The number of nitrogens with two attached hydrogens (primary N) is 1. The van der Waals surface area contributed by atoms with Gasteiger partial charge in [0.05, 0.1) is 12.7 Å². The van der Waals surface area contributed by atoms with Crippen molar-refractivity contribution in [1.82, 2.24) is 15.0 Å². The molecule has 1 fully saturated rings. The predicted molar refractivity (Wildman–Crippen MR) is 49.8 cm³/mol. The van der Waals surface area contributed by atoms with Crippen molar-refractivity contribution in [2.24, 2.45) is 0 Å². The van der Waals surface area contributed by atoms with Gasteiger partial charge in [0.1, 0.15) is 5.82 Å². The molecule has 1 saturated heterocycles. The lowest BCUT2D eigenvalue weighted by Crippen LogP contribution is -2.19. The molecule has 6 nitrogen and oxygen atoms in total. The highest BCUT2D eigenvalue weighted by molar-refractivity contribution is 5.15. The first-order valence-electron chi connectivity index (χ1n) is 4.50. The van der Waals surface area contributed by atoms with Crippen molar-refractivity contribution in [3.63, 3.8) is 0 Å². The molecule has 0 saturated carbocycles. The SMILES string of the molecule is CC1CC(c2nc(N)nc(=O)[nH]2)CO1. The minimum Gasteiger partial charge on any atom is -0.378 e. The smallest absolute Gasteiger partial charge is 0.349 e. The second kappa shape index (κ2) is 3.38. The Bertz CT molecular complexity index is 389. The third-order valence-corrected chi connectivity index (χ3v) is 2.27. The highest BCUT2D eigenvalue weighted by Crippen LogP contribution is 2.26. The van der Waals surface area contributed by atoms with E-state index in [0.717, 1.165) is 6.42 Å². The minimum absolute atomic E-state index is 0.0169. The molecule has 0 aliphatic carbocycles. The maximum atomic E-state index is 11.0. The molecular weight excluding hydrogens is 184 g/mol. The molecule has 1 aromatic rings. The number of aromatic nitrogens is 3. The molecular formula is C8H12N4O2. The number of rotatable bonds is 1. The van der Waals surface area contributed by atoms with Crippen LogP contribution in [0.1, 0.15) is 25.1 Å². The van der Waals surface area contributed by atoms with Crippen LogP contribution in [0.4, 0.5) is 5.95 Å². The molecule has 2 atom stereocenters. The predicted octanol–water partition coefficient (Wildman–Crippen LogP) is -0.361. The Hall–Kier alpha value is -1.43. The monoisotopic (exact) mass is 196 g/mol. The molecule has 2 heterocycles. The Kier molecular flexibility index (Phi) is 2.20. The number of hydrogen-bond donors (Lipinski definition) is 2. The minimum atomic E-state index is -0.452. The Labute approximate surface area is 80.5 Å². The van der Waals surface area contributed by atoms with Crippen molar-refractivity contribution < 1.29 is 4.74 Å². The van der Waals surface area contributed by atoms with E-state index in [2.05, 4.69) is 15.0 Å². The van der Waals surface area contributed by atoms with E-state index in [1.165, 1.54) is 0 Å². The van der Waals surface area contributed by atoms with Crippen molar-refractivity contribution in [2.75, 3.05) is 12.3 Å². The second-order valence-electron chi connectivity index (χ2n) is 3.47. The van der Waals surface area contributed by atoms with E-state index in [-0.39, 0.29) is 18.0 Å². The van der Waals surface area contributed by atoms with Crippen LogP contribution in [0, 0.1) is 0 Å². The molecule has 0 bridgehead atoms. The average Bonchev–Trinajstić information content (AvgIpc) is 2.50. The van der Waals surface area contributed by atoms with Gasteiger partial charge in [0, 0.05) is 5.92 Å². The van der Waals surface area contributed by atoms with Crippen LogP contribution in [-0.4, -0.2) is 27.7 Å². The fraction of sp³-hybridized carbons (Fsp3) is 0.625. The van der Waals surface area contributed by atoms with E-state index in [0.29, 0.717) is 12.4 Å². The molecule has 0 amide bonds. The summed E-state index contributed by atoms with van der Waals surface area (Å²) in [5.41, 5.74) is 4.93. The summed E-state index contributed by atoms with van der Waals surface area (Å²) in [5, 5.41) is 0. The third-order valence-electron chi connectivity index (χ3n) is 2.27. The summed E-state index contributed by atoms with van der Waals surface area (Å²) in [6.07, 6.45) is 1.06. The Morgan fingerprint density at radius 1 is 1.57 bits per heavy atom. The highest BCUT2D eigenvalue weighted by Gasteiger charge is 2.25. The van der Waals surface area contributed by atoms with Crippen molar-refractivity contribution in [3.05, 3.63) is 16.3 Å². The van der Waals surface area contributed by atoms with Crippen LogP contribution in [0.3, 0.4) is 0 Å². The summed E-state index contributed by atoms with van der Waals surface area (Å²) in [6.45, 7) is 2.57. The van der Waals surface area contributed by atoms with E-state index in [1.54, 1.807) is 0 Å². The molecule has 2 rings (SSSR count). The first kappa shape index (κ1) is 9.14. The fourth-order valence-corrected chi connectivity index (χ4v) is 1.62. The summed E-state index contributed by atoms with van der Waals surface area (Å²) in [4.78, 5) is 21.0. The molecule has 1 aliphatic heterocycles. The molecule has 1 aliphatic rings. The number of H-pyrrole nitrogens is 1. The Balaban J connectivity index is 2.28. The zero-order valence-electron chi connectivity index (χ0n) is 7.86. The van der Waals surface area contributed by atoms with Crippen LogP contribution < -0.4 is 11.4 Å². The van der Waals surface area contributed by atoms with E-state index >= 15 is 0 Å². The van der Waals surface area contributed by atoms with Gasteiger partial charge in [-0.15, -0.1) is 0 Å². The third kappa shape index (κ3) is 1.74. The van der Waals surface area contributed by atoms with Gasteiger partial charge < -0.3 is 10.5 Å². The van der Waals surface area contributed by atoms with E-state index in [1.807, 2.05) is 6.92 Å². The average molecular weight is 196 g/mol. The number of nitrogen functional groups attached to an aromatic ring is 1. The van der Waals surface area contributed by atoms with Gasteiger partial charge in [-0.05, 0) is 13.3 Å². The number of ether oxygens (including phenoxy) is 1. The van der Waals surface area contributed by atoms with E-state index in [9.17, 15) is 4.79 Å². The number of nitrogens with zero attached hydrogens (tertiary/aromatic N) is 2. The van der Waals surface area contributed by atoms with Crippen LogP contribution in [0.5, 0.6) is 0 Å². The topological polar surface area (TPSA) is 93.9 Å². The van der Waals surface area contributed by atoms with Crippen molar-refractivity contribution in [3.8, 4) is 0 Å². The molecule has 14 heavy (non-hydrogen) atoms. The summed E-state index contributed by atoms with van der Waals surface area (Å²) >= 11 is 0. The van der Waals surface area contributed by atoms with Gasteiger partial charge in [0.25, 0.3) is 0 Å². The molecule has 2 unspecified atom stereocenters. The maximum absolute atomic E-state index is 11.0. The van der Waals surface area contributed by atoms with Crippen LogP contribution in [0.15, 0.2) is 4.79 Å². The Morgan fingerprint density at radius 3 is 2.93 bits per heavy atom. The van der Waals surface area contributed by atoms with Crippen molar-refractivity contribution in [2.45, 2.75) is 25.4 Å². The summed E-state index contributed by atoms with van der Waals surface area (Å²) in [5.74, 6) is 0.721. The van der Waals surface area contributed by atoms with E-state index < -0.39 is 5.69 Å². The lowest BCUT2D eigenvalue weighted by molar-refractivity contribution is 0.123. The second-order valence-corrected chi connectivity index (χ2v) is 3.47. The van der Waals surface area contributed by atoms with Gasteiger partial charge in [-0.25, -0.2) is 4.79 Å². The lowest BCUT2D eigenvalue weighted by Gasteiger charge is -2.05. The fourth-order valence-electron chi connectivity index (χ4n) is 1.62. The number of aromatic amines is 1. The molecule has 76 valence electrons. The molecule has 0 spiro atoms. The van der Waals surface area contributed by atoms with E-state index in [4.69, 9.17) is 10.5 Å². The molecule has 3 N–H and O–H groups in total. The first-order valence-corrected chi connectivity index (χ1v) is 4.50. The van der Waals surface area contributed by atoms with Crippen LogP contribution in [0.25, 0.3) is 0 Å². The molecule has 0 radical (unpaired) electrons. The largest absolute Gasteiger partial charge is 0.378 e. The van der Waals surface area contributed by atoms with Crippen molar-refractivity contribution in [1.29, 1.82) is 0 Å².